The van der Waals surface area contributed by atoms with Crippen LogP contribution in [0.1, 0.15) is 67.2 Å². The third kappa shape index (κ3) is 3.03. The summed E-state index contributed by atoms with van der Waals surface area (Å²) in [7, 11) is 0. The fourth-order valence-electron chi connectivity index (χ4n) is 4.80. The molecule has 1 saturated carbocycles. The molecule has 0 aromatic heterocycles. The van der Waals surface area contributed by atoms with Crippen LogP contribution in [0.2, 0.25) is 0 Å². The molecular formula is C19H36N2. The van der Waals surface area contributed by atoms with E-state index >= 15 is 0 Å². The normalized spacial score (nSPS) is 29.4. The van der Waals surface area contributed by atoms with E-state index < -0.39 is 0 Å². The lowest BCUT2D eigenvalue weighted by Crippen LogP contribution is -2.61. The summed E-state index contributed by atoms with van der Waals surface area (Å²) in [6, 6.07) is 0. The molecule has 1 spiro atoms. The van der Waals surface area contributed by atoms with Crippen LogP contribution in [0.15, 0.2) is 0 Å². The molecule has 2 heteroatoms. The molecule has 3 fully saturated rings. The van der Waals surface area contributed by atoms with Crippen molar-refractivity contribution in [2.75, 3.05) is 26.2 Å². The fraction of sp³-hybridized carbons (Fsp3) is 1.00. The fourth-order valence-corrected chi connectivity index (χ4v) is 4.80. The van der Waals surface area contributed by atoms with E-state index in [0.29, 0.717) is 11.1 Å². The molecule has 0 aromatic carbocycles. The van der Waals surface area contributed by atoms with Crippen LogP contribution in [0.5, 0.6) is 0 Å². The van der Waals surface area contributed by atoms with Crippen molar-refractivity contribution >= 4 is 0 Å². The molecule has 1 aliphatic carbocycles. The van der Waals surface area contributed by atoms with E-state index in [0.717, 1.165) is 17.3 Å². The maximum atomic E-state index is 2.69. The highest BCUT2D eigenvalue weighted by atomic mass is 15.2. The summed E-state index contributed by atoms with van der Waals surface area (Å²) in [5, 5.41) is 0. The van der Waals surface area contributed by atoms with Crippen molar-refractivity contribution in [1.29, 1.82) is 0 Å². The molecule has 0 bridgehead atoms. The van der Waals surface area contributed by atoms with Gasteiger partial charge in [-0.25, -0.2) is 0 Å². The summed E-state index contributed by atoms with van der Waals surface area (Å²) in [6.07, 6.45) is 5.98. The lowest BCUT2D eigenvalue weighted by Gasteiger charge is -2.60. The Morgan fingerprint density at radius 1 is 0.714 bits per heavy atom. The van der Waals surface area contributed by atoms with Crippen molar-refractivity contribution < 1.29 is 0 Å². The van der Waals surface area contributed by atoms with Crippen LogP contribution in [0.25, 0.3) is 0 Å². The zero-order valence-corrected chi connectivity index (χ0v) is 15.2. The zero-order chi connectivity index (χ0) is 15.5. The number of likely N-dealkylation sites (tertiary alicyclic amines) is 2. The van der Waals surface area contributed by atoms with E-state index in [1.807, 2.05) is 0 Å². The molecule has 2 nitrogen and oxygen atoms in total. The van der Waals surface area contributed by atoms with Crippen molar-refractivity contribution in [1.82, 2.24) is 9.80 Å². The van der Waals surface area contributed by atoms with Gasteiger partial charge in [-0.3, -0.25) is 9.80 Å². The number of nitrogens with zero attached hydrogens (tertiary/aromatic N) is 2. The third-order valence-corrected chi connectivity index (χ3v) is 6.69. The maximum absolute atomic E-state index is 2.69. The Hall–Kier alpha value is -0.0800. The molecule has 0 N–H and O–H groups in total. The van der Waals surface area contributed by atoms with Crippen molar-refractivity contribution in [2.45, 2.75) is 78.3 Å². The van der Waals surface area contributed by atoms with Crippen LogP contribution in [0.4, 0.5) is 0 Å². The first-order valence-electron chi connectivity index (χ1n) is 9.09. The lowest BCUT2D eigenvalue weighted by atomic mass is 9.53. The first-order chi connectivity index (χ1) is 9.59. The second-order valence-corrected chi connectivity index (χ2v) is 10.2. The van der Waals surface area contributed by atoms with Gasteiger partial charge in [0.1, 0.15) is 0 Å². The van der Waals surface area contributed by atoms with E-state index in [2.05, 4.69) is 51.3 Å². The third-order valence-electron chi connectivity index (χ3n) is 6.69. The molecule has 2 heterocycles. The summed E-state index contributed by atoms with van der Waals surface area (Å²) in [5.74, 6) is 2.06. The molecule has 0 aromatic rings. The second kappa shape index (κ2) is 4.96. The highest BCUT2D eigenvalue weighted by molar-refractivity contribution is 5.03. The van der Waals surface area contributed by atoms with Gasteiger partial charge in [0.25, 0.3) is 0 Å². The van der Waals surface area contributed by atoms with Crippen LogP contribution in [-0.4, -0.2) is 47.1 Å². The summed E-state index contributed by atoms with van der Waals surface area (Å²) in [4.78, 5) is 5.35. The minimum Gasteiger partial charge on any atom is -0.298 e. The van der Waals surface area contributed by atoms with Gasteiger partial charge in [-0.05, 0) is 97.6 Å². The van der Waals surface area contributed by atoms with Gasteiger partial charge < -0.3 is 0 Å². The molecule has 2 saturated heterocycles. The average molecular weight is 293 g/mol. The van der Waals surface area contributed by atoms with Gasteiger partial charge in [0.2, 0.25) is 0 Å². The highest BCUT2D eigenvalue weighted by Crippen LogP contribution is 2.56. The predicted molar refractivity (Wildman–Crippen MR) is 90.5 cm³/mol. The Bertz CT molecular complexity index is 365. The molecule has 21 heavy (non-hydrogen) atoms. The van der Waals surface area contributed by atoms with Crippen molar-refractivity contribution in [2.24, 2.45) is 17.3 Å². The van der Waals surface area contributed by atoms with Gasteiger partial charge in [-0.2, -0.15) is 0 Å². The first kappa shape index (κ1) is 15.8. The van der Waals surface area contributed by atoms with Crippen LogP contribution in [-0.2, 0) is 0 Å². The molecule has 0 atom stereocenters. The lowest BCUT2D eigenvalue weighted by molar-refractivity contribution is -0.101. The maximum Gasteiger partial charge on any atom is 0.0125 e. The van der Waals surface area contributed by atoms with E-state index in [1.54, 1.807) is 0 Å². The Kier molecular flexibility index (Phi) is 3.73. The SMILES string of the molecule is CC(C)(C)N1CCC2(CC1)CC(C1CN(C(C)(C)C)C1)C2. The van der Waals surface area contributed by atoms with E-state index in [-0.39, 0.29) is 0 Å². The molecular weight excluding hydrogens is 256 g/mol. The van der Waals surface area contributed by atoms with Gasteiger partial charge in [0.05, 0.1) is 0 Å². The van der Waals surface area contributed by atoms with Crippen LogP contribution in [0, 0.1) is 17.3 Å². The molecule has 0 unspecified atom stereocenters. The zero-order valence-electron chi connectivity index (χ0n) is 15.2. The van der Waals surface area contributed by atoms with Crippen LogP contribution < -0.4 is 0 Å². The van der Waals surface area contributed by atoms with Gasteiger partial charge in [-0.15, -0.1) is 0 Å². The number of piperidine rings is 1. The Balaban J connectivity index is 1.43. The Labute approximate surface area is 132 Å². The van der Waals surface area contributed by atoms with Crippen molar-refractivity contribution in [3.05, 3.63) is 0 Å². The molecule has 2 aliphatic heterocycles. The molecule has 122 valence electrons. The van der Waals surface area contributed by atoms with Gasteiger partial charge >= 0.3 is 0 Å². The summed E-state index contributed by atoms with van der Waals surface area (Å²) in [5.41, 5.74) is 1.50. The van der Waals surface area contributed by atoms with Crippen LogP contribution >= 0.6 is 0 Å². The molecule has 0 radical (unpaired) electrons. The van der Waals surface area contributed by atoms with E-state index in [1.165, 1.54) is 51.9 Å². The average Bonchev–Trinajstić information content (AvgIpc) is 2.22. The minimum atomic E-state index is 0.367. The molecule has 3 aliphatic rings. The van der Waals surface area contributed by atoms with E-state index in [4.69, 9.17) is 0 Å². The summed E-state index contributed by atoms with van der Waals surface area (Å²) < 4.78 is 0. The topological polar surface area (TPSA) is 6.48 Å². The minimum absolute atomic E-state index is 0.367. The largest absolute Gasteiger partial charge is 0.298 e. The number of hydrogen-bond donors (Lipinski definition) is 0. The summed E-state index contributed by atoms with van der Waals surface area (Å²) >= 11 is 0. The first-order valence-corrected chi connectivity index (χ1v) is 9.09. The summed E-state index contributed by atoms with van der Waals surface area (Å²) in [6.45, 7) is 19.5. The van der Waals surface area contributed by atoms with Crippen molar-refractivity contribution in [3.63, 3.8) is 0 Å². The number of hydrogen-bond acceptors (Lipinski definition) is 2. The Morgan fingerprint density at radius 3 is 1.62 bits per heavy atom. The van der Waals surface area contributed by atoms with E-state index in [9.17, 15) is 0 Å². The predicted octanol–water partition coefficient (Wildman–Crippen LogP) is 4.01. The molecule has 3 rings (SSSR count). The van der Waals surface area contributed by atoms with Gasteiger partial charge in [-0.1, -0.05) is 0 Å². The monoisotopic (exact) mass is 292 g/mol. The highest BCUT2D eigenvalue weighted by Gasteiger charge is 2.51. The number of rotatable bonds is 1. The quantitative estimate of drug-likeness (QED) is 0.720. The van der Waals surface area contributed by atoms with Gasteiger partial charge in [0.15, 0.2) is 0 Å². The smallest absolute Gasteiger partial charge is 0.0125 e. The molecule has 0 amide bonds. The van der Waals surface area contributed by atoms with Gasteiger partial charge in [0, 0.05) is 24.2 Å². The Morgan fingerprint density at radius 2 is 1.19 bits per heavy atom. The second-order valence-electron chi connectivity index (χ2n) is 10.2. The van der Waals surface area contributed by atoms with Crippen LogP contribution in [0.3, 0.4) is 0 Å². The standard InChI is InChI=1S/C19H36N2/c1-17(2,3)20-9-7-19(8-10-20)11-15(12-19)16-13-21(14-16)18(4,5)6/h15-16H,7-14H2,1-6H3. The van der Waals surface area contributed by atoms with Crippen molar-refractivity contribution in [3.8, 4) is 0 Å².